The number of aliphatic hydroxyl groups is 2. The summed E-state index contributed by atoms with van der Waals surface area (Å²) in [4.78, 5) is 163. The molecular weight excluding hydrogens is 1030 g/mol. The first-order valence-electron chi connectivity index (χ1n) is 25.0. The second-order valence-corrected chi connectivity index (χ2v) is 18.0. The number of aliphatic hydroxyl groups excluding tert-OH is 2. The number of carbonyl (C=O) groups excluding carboxylic acids is 11. The van der Waals surface area contributed by atoms with Gasteiger partial charge < -0.3 is 90.8 Å². The van der Waals surface area contributed by atoms with Crippen molar-refractivity contribution >= 4 is 76.9 Å². The Morgan fingerprint density at radius 2 is 0.923 bits per heavy atom. The maximum absolute atomic E-state index is 14.0. The van der Waals surface area contributed by atoms with E-state index in [-0.39, 0.29) is 38.6 Å². The number of carboxylic acids is 2. The Hall–Kier alpha value is -7.83. The van der Waals surface area contributed by atoms with Gasteiger partial charge in [0.25, 0.3) is 5.97 Å². The van der Waals surface area contributed by atoms with E-state index in [1.807, 2.05) is 0 Å². The van der Waals surface area contributed by atoms with Crippen LogP contribution in [0.5, 0.6) is 0 Å². The Bertz CT molecular complexity index is 2180. The van der Waals surface area contributed by atoms with Crippen LogP contribution in [0.3, 0.4) is 0 Å². The molecule has 0 saturated carbocycles. The SMILES string of the molecule is CC(=O)NCC(=O)N[C@@H](C)C(=O)N[C@@H](CCC(N)=O)C(=O)N[C@@H](Cc1ccccc1)C(=O)N[C@@H](CO)C(=O)N[C@@H](CCCCN)C(=O)N[C@H](C(=O)N[C@@H](C)C(=O)N[C@@H](C)C(=O)N[C@@H](CCCCN)C(=O)O)[C@@H](C)O.CC(=O)O. The van der Waals surface area contributed by atoms with Crippen molar-refractivity contribution in [2.24, 2.45) is 17.2 Å². The quantitative estimate of drug-likeness (QED) is 0.0281. The first-order chi connectivity index (χ1) is 36.6. The monoisotopic (exact) mass is 1110 g/mol. The van der Waals surface area contributed by atoms with Crippen molar-refractivity contribution in [3.8, 4) is 0 Å². The third-order valence-electron chi connectivity index (χ3n) is 11.0. The second kappa shape index (κ2) is 37.8. The Balaban J connectivity index is 0.0000143. The summed E-state index contributed by atoms with van der Waals surface area (Å²) in [6.07, 6.45) is -1.03. The Labute approximate surface area is 451 Å². The minimum absolute atomic E-state index is 0.0927. The molecule has 0 aliphatic carbocycles. The molecule has 0 bridgehead atoms. The zero-order chi connectivity index (χ0) is 59.7. The van der Waals surface area contributed by atoms with Crippen molar-refractivity contribution < 1.29 is 82.8 Å². The van der Waals surface area contributed by atoms with Crippen LogP contribution in [0, 0.1) is 0 Å². The molecule has 0 saturated heterocycles. The van der Waals surface area contributed by atoms with E-state index in [1.54, 1.807) is 30.3 Å². The topological polar surface area (TPSA) is 501 Å². The van der Waals surface area contributed by atoms with Crippen LogP contribution in [-0.2, 0) is 68.7 Å². The number of primary amides is 1. The Morgan fingerprint density at radius 3 is 1.41 bits per heavy atom. The second-order valence-electron chi connectivity index (χ2n) is 18.0. The molecule has 1 aromatic carbocycles. The fraction of sp³-hybridized carbons (Fsp3) is 0.604. The van der Waals surface area contributed by atoms with E-state index in [1.165, 1.54) is 27.7 Å². The molecule has 1 rings (SSSR count). The molecule has 30 nitrogen and oxygen atoms in total. The molecule has 78 heavy (non-hydrogen) atoms. The molecule has 0 aliphatic rings. The first kappa shape index (κ1) is 70.2. The van der Waals surface area contributed by atoms with Crippen LogP contribution in [0.4, 0.5) is 0 Å². The number of unbranched alkanes of at least 4 members (excludes halogenated alkanes) is 2. The Kier molecular flexibility index (Phi) is 34.0. The number of benzene rings is 1. The molecule has 0 radical (unpaired) electrons. The van der Waals surface area contributed by atoms with Crippen molar-refractivity contribution in [2.45, 2.75) is 160 Å². The molecular formula is C48H79N13O17. The smallest absolute Gasteiger partial charge is 0.326 e. The molecule has 0 spiro atoms. The number of aliphatic carboxylic acids is 2. The van der Waals surface area contributed by atoms with Gasteiger partial charge >= 0.3 is 5.97 Å². The van der Waals surface area contributed by atoms with Gasteiger partial charge in [-0.2, -0.15) is 0 Å². The molecule has 0 aliphatic heterocycles. The van der Waals surface area contributed by atoms with E-state index in [2.05, 4.69) is 53.2 Å². The summed E-state index contributed by atoms with van der Waals surface area (Å²) in [6, 6.07) is -4.92. The minimum Gasteiger partial charge on any atom is -0.481 e. The van der Waals surface area contributed by atoms with Crippen LogP contribution in [0.1, 0.15) is 98.5 Å². The van der Waals surface area contributed by atoms with Crippen molar-refractivity contribution in [1.82, 2.24) is 53.2 Å². The van der Waals surface area contributed by atoms with Crippen molar-refractivity contribution in [1.29, 1.82) is 0 Å². The lowest BCUT2D eigenvalue weighted by molar-refractivity contribution is -0.142. The predicted molar refractivity (Wildman–Crippen MR) is 277 cm³/mol. The van der Waals surface area contributed by atoms with Gasteiger partial charge in [0.05, 0.1) is 19.3 Å². The summed E-state index contributed by atoms with van der Waals surface area (Å²) < 4.78 is 0. The van der Waals surface area contributed by atoms with Crippen LogP contribution in [0.15, 0.2) is 30.3 Å². The largest absolute Gasteiger partial charge is 0.481 e. The van der Waals surface area contributed by atoms with Crippen LogP contribution in [-0.4, -0.2) is 184 Å². The van der Waals surface area contributed by atoms with Crippen LogP contribution >= 0.6 is 0 Å². The number of nitrogens with two attached hydrogens (primary N) is 3. The van der Waals surface area contributed by atoms with Gasteiger partial charge in [0.2, 0.25) is 65.0 Å². The van der Waals surface area contributed by atoms with Gasteiger partial charge in [-0.1, -0.05) is 30.3 Å². The summed E-state index contributed by atoms with van der Waals surface area (Å²) >= 11 is 0. The van der Waals surface area contributed by atoms with E-state index in [0.29, 0.717) is 31.4 Å². The number of amides is 11. The van der Waals surface area contributed by atoms with Gasteiger partial charge in [-0.3, -0.25) is 57.5 Å². The first-order valence-corrected chi connectivity index (χ1v) is 25.0. The third-order valence-corrected chi connectivity index (χ3v) is 11.0. The Morgan fingerprint density at radius 1 is 0.513 bits per heavy atom. The molecule has 0 heterocycles. The fourth-order valence-corrected chi connectivity index (χ4v) is 6.73. The lowest BCUT2D eigenvalue weighted by Crippen LogP contribution is -2.62. The molecule has 0 fully saturated rings. The number of nitrogens with one attached hydrogen (secondary N) is 10. The molecule has 20 N–H and O–H groups in total. The standard InChI is InChI=1S/C46H75N13O15.C2H4O2/c1-24(51-36(64)22-50-28(5)62)39(66)54-31(17-18-35(49)63)41(68)57-33(21-29-13-7-6-8-14-29)43(70)58-34(23-60)44(71)55-30(15-9-11-19-47)42(69)59-37(27(4)61)45(72)53-25(2)38(65)52-26(3)40(67)56-32(46(73)74)16-10-12-20-48;1-2(3)4/h6-8,13-14,24-27,30-34,37,60-61H,9-12,15-23,47-48H2,1-5H3,(H2,49,63)(H,50,62)(H,51,64)(H,52,65)(H,53,72)(H,54,66)(H,55,71)(H,56,67)(H,57,68)(H,58,70)(H,59,69)(H,73,74);1H3,(H,3,4)/t24-,25-,26-,27+,30-,31-,32-,33-,34-,37-;/m0./s1. The third kappa shape index (κ3) is 29.5. The highest BCUT2D eigenvalue weighted by molar-refractivity contribution is 5.98. The van der Waals surface area contributed by atoms with E-state index in [9.17, 15) is 72.9 Å². The summed E-state index contributed by atoms with van der Waals surface area (Å²) in [5.41, 5.74) is 16.9. The van der Waals surface area contributed by atoms with Gasteiger partial charge in [-0.05, 0) is 91.3 Å². The molecule has 438 valence electrons. The maximum atomic E-state index is 14.0. The zero-order valence-corrected chi connectivity index (χ0v) is 44.7. The highest BCUT2D eigenvalue weighted by atomic mass is 16.4. The highest BCUT2D eigenvalue weighted by Gasteiger charge is 2.35. The lowest BCUT2D eigenvalue weighted by atomic mass is 10.0. The molecule has 30 heteroatoms. The van der Waals surface area contributed by atoms with E-state index in [0.717, 1.165) is 13.8 Å². The summed E-state index contributed by atoms with van der Waals surface area (Å²) in [5.74, 6) is -12.0. The van der Waals surface area contributed by atoms with E-state index >= 15 is 0 Å². The normalized spacial score (nSPS) is 14.5. The number of hydrogen-bond donors (Lipinski definition) is 17. The van der Waals surface area contributed by atoms with Gasteiger partial charge in [-0.15, -0.1) is 0 Å². The van der Waals surface area contributed by atoms with Crippen molar-refractivity contribution in [3.63, 3.8) is 0 Å². The van der Waals surface area contributed by atoms with Crippen LogP contribution < -0.4 is 70.4 Å². The fourth-order valence-electron chi connectivity index (χ4n) is 6.73. The highest BCUT2D eigenvalue weighted by Crippen LogP contribution is 2.09. The van der Waals surface area contributed by atoms with E-state index < -0.39 is 157 Å². The average molecular weight is 1110 g/mol. The van der Waals surface area contributed by atoms with Gasteiger partial charge in [0, 0.05) is 26.7 Å². The number of carboxylic acid groups (broad SMARTS) is 2. The van der Waals surface area contributed by atoms with Crippen molar-refractivity contribution in [3.05, 3.63) is 35.9 Å². The summed E-state index contributed by atoms with van der Waals surface area (Å²) in [6.45, 7) is 6.26. The number of rotatable bonds is 35. The number of hydrogen-bond acceptors (Lipinski definition) is 17. The molecule has 11 amide bonds. The molecule has 10 atom stereocenters. The van der Waals surface area contributed by atoms with Crippen molar-refractivity contribution in [2.75, 3.05) is 26.2 Å². The molecule has 0 unspecified atom stereocenters. The van der Waals surface area contributed by atoms with Gasteiger partial charge in [0.1, 0.15) is 54.4 Å². The maximum Gasteiger partial charge on any atom is 0.326 e. The molecule has 1 aromatic rings. The van der Waals surface area contributed by atoms with Crippen LogP contribution in [0.2, 0.25) is 0 Å². The van der Waals surface area contributed by atoms with Crippen LogP contribution in [0.25, 0.3) is 0 Å². The zero-order valence-electron chi connectivity index (χ0n) is 44.7. The lowest BCUT2D eigenvalue weighted by Gasteiger charge is -2.28. The average Bonchev–Trinajstić information content (AvgIpc) is 3.36. The minimum atomic E-state index is -1.78. The van der Waals surface area contributed by atoms with Gasteiger partial charge in [-0.25, -0.2) is 4.79 Å². The summed E-state index contributed by atoms with van der Waals surface area (Å²) in [7, 11) is 0. The van der Waals surface area contributed by atoms with E-state index in [4.69, 9.17) is 27.1 Å². The predicted octanol–water partition coefficient (Wildman–Crippen LogP) is -6.14. The number of carbonyl (C=O) groups is 13. The van der Waals surface area contributed by atoms with Gasteiger partial charge in [0.15, 0.2) is 0 Å². The molecule has 0 aromatic heterocycles. The summed E-state index contributed by atoms with van der Waals surface area (Å²) in [5, 5.41) is 61.5.